The van der Waals surface area contributed by atoms with Crippen molar-refractivity contribution in [2.24, 2.45) is 0 Å². The van der Waals surface area contributed by atoms with E-state index in [1.54, 1.807) is 0 Å². The maximum absolute atomic E-state index is 13.9. The Morgan fingerprint density at radius 2 is 1.87 bits per heavy atom. The number of rotatable bonds is 5. The van der Waals surface area contributed by atoms with Gasteiger partial charge in [0.25, 0.3) is 0 Å². The highest BCUT2D eigenvalue weighted by molar-refractivity contribution is 7.89. The minimum atomic E-state index is -4.88. The van der Waals surface area contributed by atoms with Gasteiger partial charge in [-0.15, -0.1) is 0 Å². The average molecular weight is 482 g/mol. The first-order valence-electron chi connectivity index (χ1n) is 8.82. The summed E-state index contributed by atoms with van der Waals surface area (Å²) in [5, 5.41) is -0.668. The van der Waals surface area contributed by atoms with Crippen molar-refractivity contribution in [3.8, 4) is 5.75 Å². The summed E-state index contributed by atoms with van der Waals surface area (Å²) in [6, 6.07) is 6.17. The van der Waals surface area contributed by atoms with Gasteiger partial charge in [-0.05, 0) is 30.3 Å². The molecule has 0 saturated carbocycles. The van der Waals surface area contributed by atoms with Gasteiger partial charge in [-0.3, -0.25) is 4.79 Å². The molecule has 31 heavy (non-hydrogen) atoms. The van der Waals surface area contributed by atoms with Gasteiger partial charge in [0.15, 0.2) is 11.6 Å². The zero-order chi connectivity index (χ0) is 23.0. The third kappa shape index (κ3) is 4.78. The summed E-state index contributed by atoms with van der Waals surface area (Å²) in [5.74, 6) is -1.76. The molecule has 1 heterocycles. The number of esters is 1. The van der Waals surface area contributed by atoms with E-state index in [0.717, 1.165) is 25.3 Å². The number of alkyl halides is 3. The monoisotopic (exact) mass is 481 g/mol. The first-order valence-corrected chi connectivity index (χ1v) is 10.6. The van der Waals surface area contributed by atoms with E-state index in [-0.39, 0.29) is 12.2 Å². The molecule has 1 saturated heterocycles. The molecule has 6 nitrogen and oxygen atoms in total. The standard InChI is InChI=1S/C19H16ClF4NO5S/c1-29-18(26)16-8-11(30-17-5-3-2-4-15(17)21)10-25(16)31(27,28)12-6-7-14(20)13(9-12)19(22,23)24/h2-7,9,11,16H,8,10H2,1H3. The van der Waals surface area contributed by atoms with E-state index < -0.39 is 62.2 Å². The number of para-hydroxylation sites is 1. The SMILES string of the molecule is COC(=O)C1CC(Oc2ccccc2F)CN1S(=O)(=O)c1ccc(Cl)c(C(F)(F)F)c1. The fraction of sp³-hybridized carbons (Fsp3) is 0.316. The molecule has 0 aliphatic carbocycles. The van der Waals surface area contributed by atoms with Gasteiger partial charge in [0, 0.05) is 6.42 Å². The van der Waals surface area contributed by atoms with Crippen LogP contribution in [-0.4, -0.2) is 44.5 Å². The molecule has 1 aliphatic heterocycles. The van der Waals surface area contributed by atoms with E-state index >= 15 is 0 Å². The van der Waals surface area contributed by atoms with Crippen LogP contribution in [0, 0.1) is 5.82 Å². The molecular formula is C19H16ClF4NO5S. The second kappa shape index (κ2) is 8.64. The van der Waals surface area contributed by atoms with Crippen LogP contribution >= 0.6 is 11.6 Å². The minimum Gasteiger partial charge on any atom is -0.486 e. The zero-order valence-electron chi connectivity index (χ0n) is 15.9. The quantitative estimate of drug-likeness (QED) is 0.479. The molecule has 0 spiro atoms. The largest absolute Gasteiger partial charge is 0.486 e. The molecule has 0 aromatic heterocycles. The fourth-order valence-electron chi connectivity index (χ4n) is 3.21. The molecule has 2 unspecified atom stereocenters. The highest BCUT2D eigenvalue weighted by Crippen LogP contribution is 2.37. The summed E-state index contributed by atoms with van der Waals surface area (Å²) in [4.78, 5) is 11.5. The van der Waals surface area contributed by atoms with Crippen LogP contribution in [0.25, 0.3) is 0 Å². The molecule has 168 valence electrons. The van der Waals surface area contributed by atoms with Gasteiger partial charge in [-0.25, -0.2) is 12.8 Å². The van der Waals surface area contributed by atoms with Crippen LogP contribution in [0.15, 0.2) is 47.4 Å². The Bertz CT molecular complexity index is 1090. The third-order valence-electron chi connectivity index (χ3n) is 4.67. The summed E-state index contributed by atoms with van der Waals surface area (Å²) in [7, 11) is -3.53. The van der Waals surface area contributed by atoms with E-state index in [9.17, 15) is 30.8 Å². The number of ether oxygens (including phenoxy) is 2. The van der Waals surface area contributed by atoms with Gasteiger partial charge < -0.3 is 9.47 Å². The third-order valence-corrected chi connectivity index (χ3v) is 6.87. The van der Waals surface area contributed by atoms with Crippen LogP contribution < -0.4 is 4.74 Å². The highest BCUT2D eigenvalue weighted by atomic mass is 35.5. The molecule has 0 N–H and O–H groups in total. The normalized spacial score (nSPS) is 19.9. The van der Waals surface area contributed by atoms with Crippen LogP contribution in [0.2, 0.25) is 5.02 Å². The minimum absolute atomic E-state index is 0.152. The van der Waals surface area contributed by atoms with E-state index in [0.29, 0.717) is 10.4 Å². The lowest BCUT2D eigenvalue weighted by Crippen LogP contribution is -2.41. The smallest absolute Gasteiger partial charge is 0.417 e. The van der Waals surface area contributed by atoms with Gasteiger partial charge in [-0.2, -0.15) is 17.5 Å². The van der Waals surface area contributed by atoms with Gasteiger partial charge in [0.2, 0.25) is 10.0 Å². The van der Waals surface area contributed by atoms with Gasteiger partial charge >= 0.3 is 12.1 Å². The lowest BCUT2D eigenvalue weighted by atomic mass is 10.2. The van der Waals surface area contributed by atoms with E-state index in [2.05, 4.69) is 4.74 Å². The van der Waals surface area contributed by atoms with Gasteiger partial charge in [0.1, 0.15) is 12.1 Å². The Hall–Kier alpha value is -2.37. The van der Waals surface area contributed by atoms with Gasteiger partial charge in [0.05, 0.1) is 29.1 Å². The number of benzene rings is 2. The summed E-state index contributed by atoms with van der Waals surface area (Å²) in [6.07, 6.45) is -6.00. The summed E-state index contributed by atoms with van der Waals surface area (Å²) in [6.45, 7) is -0.402. The second-order valence-electron chi connectivity index (χ2n) is 6.66. The van der Waals surface area contributed by atoms with Crippen molar-refractivity contribution in [2.75, 3.05) is 13.7 Å². The maximum atomic E-state index is 13.9. The van der Waals surface area contributed by atoms with Crippen molar-refractivity contribution >= 4 is 27.6 Å². The van der Waals surface area contributed by atoms with Crippen LogP contribution in [0.5, 0.6) is 5.75 Å². The number of sulfonamides is 1. The summed E-state index contributed by atoms with van der Waals surface area (Å²) >= 11 is 5.56. The number of methoxy groups -OCH3 is 1. The lowest BCUT2D eigenvalue weighted by Gasteiger charge is -2.22. The molecule has 1 fully saturated rings. The van der Waals surface area contributed by atoms with Crippen LogP contribution in [0.4, 0.5) is 17.6 Å². The zero-order valence-corrected chi connectivity index (χ0v) is 17.5. The predicted molar refractivity (Wildman–Crippen MR) is 102 cm³/mol. The number of nitrogens with zero attached hydrogens (tertiary/aromatic N) is 1. The average Bonchev–Trinajstić information content (AvgIpc) is 3.13. The van der Waals surface area contributed by atoms with Crippen LogP contribution in [-0.2, 0) is 25.7 Å². The topological polar surface area (TPSA) is 72.9 Å². The second-order valence-corrected chi connectivity index (χ2v) is 8.96. The number of halogens is 5. The number of carbonyl (C=O) groups excluding carboxylic acids is 1. The van der Waals surface area contributed by atoms with Crippen molar-refractivity contribution in [2.45, 2.75) is 29.6 Å². The first kappa shape index (κ1) is 23.3. The molecule has 1 aliphatic rings. The van der Waals surface area contributed by atoms with Gasteiger partial charge in [-0.1, -0.05) is 23.7 Å². The molecule has 3 rings (SSSR count). The predicted octanol–water partition coefficient (Wildman–Crippen LogP) is 3.88. The van der Waals surface area contributed by atoms with Crippen LogP contribution in [0.3, 0.4) is 0 Å². The van der Waals surface area contributed by atoms with Crippen molar-refractivity contribution in [1.82, 2.24) is 4.31 Å². The fourth-order valence-corrected chi connectivity index (χ4v) is 5.08. The highest BCUT2D eigenvalue weighted by Gasteiger charge is 2.46. The van der Waals surface area contributed by atoms with Crippen molar-refractivity contribution < 1.29 is 40.2 Å². The molecule has 12 heteroatoms. The first-order chi connectivity index (χ1) is 14.4. The van der Waals surface area contributed by atoms with Crippen molar-refractivity contribution in [1.29, 1.82) is 0 Å². The Morgan fingerprint density at radius 3 is 2.48 bits per heavy atom. The van der Waals surface area contributed by atoms with Crippen LogP contribution in [0.1, 0.15) is 12.0 Å². The molecule has 0 amide bonds. The van der Waals surface area contributed by atoms with E-state index in [4.69, 9.17) is 16.3 Å². The van der Waals surface area contributed by atoms with E-state index in [1.807, 2.05) is 0 Å². The Labute approximate surface area is 180 Å². The molecular weight excluding hydrogens is 466 g/mol. The molecule has 2 atom stereocenters. The van der Waals surface area contributed by atoms with E-state index in [1.165, 1.54) is 18.2 Å². The lowest BCUT2D eigenvalue weighted by molar-refractivity contribution is -0.144. The Balaban J connectivity index is 1.96. The Kier molecular flexibility index (Phi) is 6.49. The Morgan fingerprint density at radius 1 is 1.19 bits per heavy atom. The maximum Gasteiger partial charge on any atom is 0.417 e. The summed E-state index contributed by atoms with van der Waals surface area (Å²) in [5.41, 5.74) is -1.33. The summed E-state index contributed by atoms with van der Waals surface area (Å²) < 4.78 is 90.4. The molecule has 2 aromatic carbocycles. The number of hydrogen-bond donors (Lipinski definition) is 0. The number of carbonyl (C=O) groups is 1. The number of hydrogen-bond acceptors (Lipinski definition) is 5. The van der Waals surface area contributed by atoms with Crippen molar-refractivity contribution in [3.05, 3.63) is 58.9 Å². The molecule has 0 radical (unpaired) electrons. The van der Waals surface area contributed by atoms with Crippen molar-refractivity contribution in [3.63, 3.8) is 0 Å². The molecule has 2 aromatic rings. The molecule has 0 bridgehead atoms.